The molecule has 0 amide bonds. The molecule has 1 aliphatic rings. The van der Waals surface area contributed by atoms with Crippen molar-refractivity contribution in [2.75, 3.05) is 13.2 Å². The molecular formula is C12H13Cl2NO5S. The molecule has 6 nitrogen and oxygen atoms in total. The van der Waals surface area contributed by atoms with Crippen LogP contribution in [-0.2, 0) is 10.0 Å². The molecule has 1 aromatic carbocycles. The van der Waals surface area contributed by atoms with E-state index in [0.29, 0.717) is 12.8 Å². The van der Waals surface area contributed by atoms with Crippen LogP contribution in [0.5, 0.6) is 0 Å². The van der Waals surface area contributed by atoms with Gasteiger partial charge in [0.15, 0.2) is 0 Å². The van der Waals surface area contributed by atoms with Crippen LogP contribution in [0.15, 0.2) is 17.0 Å². The summed E-state index contributed by atoms with van der Waals surface area (Å²) >= 11 is 11.7. The van der Waals surface area contributed by atoms with E-state index in [0.717, 1.165) is 16.4 Å². The first-order valence-corrected chi connectivity index (χ1v) is 8.33. The average Bonchev–Trinajstić information content (AvgIpc) is 2.89. The molecule has 116 valence electrons. The number of hydrogen-bond donors (Lipinski definition) is 2. The Balaban J connectivity index is 2.57. The fourth-order valence-corrected chi connectivity index (χ4v) is 4.91. The van der Waals surface area contributed by atoms with E-state index >= 15 is 0 Å². The summed E-state index contributed by atoms with van der Waals surface area (Å²) in [5.74, 6) is -1.36. The van der Waals surface area contributed by atoms with Crippen LogP contribution in [-0.4, -0.2) is 48.1 Å². The van der Waals surface area contributed by atoms with Crippen molar-refractivity contribution in [1.29, 1.82) is 0 Å². The van der Waals surface area contributed by atoms with Crippen LogP contribution >= 0.6 is 23.2 Å². The van der Waals surface area contributed by atoms with E-state index in [-0.39, 0.29) is 33.7 Å². The minimum absolute atomic E-state index is 0.0323. The van der Waals surface area contributed by atoms with Gasteiger partial charge in [-0.05, 0) is 25.0 Å². The first kappa shape index (κ1) is 16.5. The fourth-order valence-electron chi connectivity index (χ4n) is 2.34. The average molecular weight is 354 g/mol. The molecule has 1 fully saturated rings. The third-order valence-corrected chi connectivity index (χ3v) is 6.07. The number of carbonyl (C=O) groups is 1. The predicted molar refractivity (Wildman–Crippen MR) is 77.4 cm³/mol. The second kappa shape index (κ2) is 6.10. The Kier molecular flexibility index (Phi) is 4.79. The van der Waals surface area contributed by atoms with E-state index in [9.17, 15) is 18.3 Å². The highest BCUT2D eigenvalue weighted by molar-refractivity contribution is 7.89. The molecule has 0 spiro atoms. The van der Waals surface area contributed by atoms with Crippen molar-refractivity contribution < 1.29 is 23.4 Å². The Morgan fingerprint density at radius 2 is 2.05 bits per heavy atom. The molecule has 2 rings (SSSR count). The lowest BCUT2D eigenvalue weighted by atomic mass is 10.2. The zero-order chi connectivity index (χ0) is 15.8. The van der Waals surface area contributed by atoms with Gasteiger partial charge in [0, 0.05) is 17.6 Å². The van der Waals surface area contributed by atoms with Crippen molar-refractivity contribution in [2.45, 2.75) is 23.8 Å². The lowest BCUT2D eigenvalue weighted by Gasteiger charge is -2.23. The van der Waals surface area contributed by atoms with E-state index in [2.05, 4.69) is 0 Å². The number of nitrogens with zero attached hydrogens (tertiary/aromatic N) is 1. The lowest BCUT2D eigenvalue weighted by Crippen LogP contribution is -2.37. The maximum absolute atomic E-state index is 12.6. The van der Waals surface area contributed by atoms with Gasteiger partial charge in [-0.15, -0.1) is 0 Å². The number of rotatable bonds is 4. The number of carboxylic acid groups (broad SMARTS) is 1. The molecule has 0 aliphatic carbocycles. The Hall–Kier alpha value is -0.860. The molecule has 1 atom stereocenters. The molecule has 1 heterocycles. The summed E-state index contributed by atoms with van der Waals surface area (Å²) in [4.78, 5) is 10.8. The predicted octanol–water partition coefficient (Wildman–Crippen LogP) is 1.84. The van der Waals surface area contributed by atoms with Gasteiger partial charge >= 0.3 is 5.97 Å². The van der Waals surface area contributed by atoms with Gasteiger partial charge in [0.25, 0.3) is 0 Å². The van der Waals surface area contributed by atoms with Crippen LogP contribution in [0.25, 0.3) is 0 Å². The van der Waals surface area contributed by atoms with Gasteiger partial charge in [-0.1, -0.05) is 23.2 Å². The van der Waals surface area contributed by atoms with Crippen LogP contribution in [0.3, 0.4) is 0 Å². The smallest absolute Gasteiger partial charge is 0.337 e. The summed E-state index contributed by atoms with van der Waals surface area (Å²) in [5.41, 5.74) is -0.373. The number of sulfonamides is 1. The van der Waals surface area contributed by atoms with E-state index in [4.69, 9.17) is 28.3 Å². The van der Waals surface area contributed by atoms with Crippen LogP contribution in [0.4, 0.5) is 0 Å². The van der Waals surface area contributed by atoms with Gasteiger partial charge in [0.05, 0.1) is 17.2 Å². The summed E-state index contributed by atoms with van der Waals surface area (Å²) in [6.45, 7) is -0.0536. The Bertz CT molecular complexity index is 676. The summed E-state index contributed by atoms with van der Waals surface area (Å²) in [6, 6.07) is 1.69. The highest BCUT2D eigenvalue weighted by Crippen LogP contribution is 2.34. The van der Waals surface area contributed by atoms with Gasteiger partial charge in [0.1, 0.15) is 4.90 Å². The van der Waals surface area contributed by atoms with Crippen molar-refractivity contribution in [3.05, 3.63) is 27.7 Å². The van der Waals surface area contributed by atoms with E-state index < -0.39 is 22.0 Å². The topological polar surface area (TPSA) is 94.9 Å². The second-order valence-electron chi connectivity index (χ2n) is 4.67. The number of aromatic carboxylic acids is 1. The van der Waals surface area contributed by atoms with Crippen molar-refractivity contribution in [3.63, 3.8) is 0 Å². The van der Waals surface area contributed by atoms with E-state index in [1.165, 1.54) is 0 Å². The molecule has 0 unspecified atom stereocenters. The molecule has 0 bridgehead atoms. The van der Waals surface area contributed by atoms with Gasteiger partial charge < -0.3 is 10.2 Å². The number of benzene rings is 1. The second-order valence-corrected chi connectivity index (χ2v) is 7.34. The monoisotopic (exact) mass is 353 g/mol. The third kappa shape index (κ3) is 3.02. The molecule has 0 radical (unpaired) electrons. The maximum Gasteiger partial charge on any atom is 0.337 e. The highest BCUT2D eigenvalue weighted by atomic mass is 35.5. The SMILES string of the molecule is O=C(O)c1cc(Cl)cc(S(=O)(=O)N2CCC[C@H]2CO)c1Cl. The van der Waals surface area contributed by atoms with Gasteiger partial charge in [0.2, 0.25) is 10.0 Å². The molecular weight excluding hydrogens is 341 g/mol. The molecule has 1 saturated heterocycles. The number of aliphatic hydroxyl groups is 1. The molecule has 21 heavy (non-hydrogen) atoms. The summed E-state index contributed by atoms with van der Waals surface area (Å²) in [5, 5.41) is 17.9. The Morgan fingerprint density at radius 3 is 2.62 bits per heavy atom. The van der Waals surface area contributed by atoms with Crippen LogP contribution in [0, 0.1) is 0 Å². The maximum atomic E-state index is 12.6. The van der Waals surface area contributed by atoms with Gasteiger partial charge in [-0.25, -0.2) is 13.2 Å². The van der Waals surface area contributed by atoms with Crippen LogP contribution in [0.2, 0.25) is 10.0 Å². The van der Waals surface area contributed by atoms with Gasteiger partial charge in [-0.2, -0.15) is 4.31 Å². The van der Waals surface area contributed by atoms with E-state index in [1.54, 1.807) is 0 Å². The van der Waals surface area contributed by atoms with Crippen molar-refractivity contribution >= 4 is 39.2 Å². The Morgan fingerprint density at radius 1 is 1.38 bits per heavy atom. The fraction of sp³-hybridized carbons (Fsp3) is 0.417. The normalized spacial score (nSPS) is 19.9. The number of halogens is 2. The molecule has 2 N–H and O–H groups in total. The summed E-state index contributed by atoms with van der Waals surface area (Å²) in [7, 11) is -4.02. The van der Waals surface area contributed by atoms with Crippen LogP contribution in [0.1, 0.15) is 23.2 Å². The number of aliphatic hydroxyl groups excluding tert-OH is 1. The van der Waals surface area contributed by atoms with Crippen molar-refractivity contribution in [2.24, 2.45) is 0 Å². The minimum Gasteiger partial charge on any atom is -0.478 e. The lowest BCUT2D eigenvalue weighted by molar-refractivity contribution is 0.0697. The minimum atomic E-state index is -4.02. The summed E-state index contributed by atoms with van der Waals surface area (Å²) < 4.78 is 26.4. The zero-order valence-electron chi connectivity index (χ0n) is 10.8. The number of carboxylic acids is 1. The molecule has 1 aromatic rings. The molecule has 1 aliphatic heterocycles. The standard InChI is InChI=1S/C12H13Cl2NO5S/c13-7-4-9(12(17)18)11(14)10(5-7)21(19,20)15-3-1-2-8(15)6-16/h4-5,8,16H,1-3,6H2,(H,17,18)/t8-/m0/s1. The molecule has 0 aromatic heterocycles. The van der Waals surface area contributed by atoms with Crippen LogP contribution < -0.4 is 0 Å². The van der Waals surface area contributed by atoms with Crippen molar-refractivity contribution in [1.82, 2.24) is 4.31 Å². The molecule has 0 saturated carbocycles. The first-order chi connectivity index (χ1) is 9.78. The van der Waals surface area contributed by atoms with Crippen molar-refractivity contribution in [3.8, 4) is 0 Å². The number of hydrogen-bond acceptors (Lipinski definition) is 4. The highest BCUT2D eigenvalue weighted by Gasteiger charge is 2.37. The van der Waals surface area contributed by atoms with E-state index in [1.807, 2.05) is 0 Å². The Labute approximate surface area is 131 Å². The largest absolute Gasteiger partial charge is 0.478 e. The summed E-state index contributed by atoms with van der Waals surface area (Å²) in [6.07, 6.45) is 1.16. The third-order valence-electron chi connectivity index (χ3n) is 3.35. The zero-order valence-corrected chi connectivity index (χ0v) is 13.1. The van der Waals surface area contributed by atoms with Gasteiger partial charge in [-0.3, -0.25) is 0 Å². The first-order valence-electron chi connectivity index (χ1n) is 6.14. The quantitative estimate of drug-likeness (QED) is 0.860. The molecule has 9 heteroatoms.